The van der Waals surface area contributed by atoms with E-state index in [-0.39, 0.29) is 24.0 Å². The highest BCUT2D eigenvalue weighted by Gasteiger charge is 2.17. The van der Waals surface area contributed by atoms with Crippen LogP contribution in [0.4, 0.5) is 0 Å². The highest BCUT2D eigenvalue weighted by Crippen LogP contribution is 2.24. The lowest BCUT2D eigenvalue weighted by atomic mass is 10.2. The summed E-state index contributed by atoms with van der Waals surface area (Å²) in [4.78, 5) is 17.4. The molecule has 0 atom stereocenters. The third kappa shape index (κ3) is 6.72. The van der Waals surface area contributed by atoms with Gasteiger partial charge in [0.1, 0.15) is 16.5 Å². The Labute approximate surface area is 198 Å². The molecule has 1 N–H and O–H groups in total. The molecule has 0 aliphatic rings. The topological polar surface area (TPSA) is 94.6 Å². The summed E-state index contributed by atoms with van der Waals surface area (Å²) < 4.78 is 35.7. The van der Waals surface area contributed by atoms with Crippen molar-refractivity contribution in [1.82, 2.24) is 10.3 Å². The lowest BCUT2D eigenvalue weighted by Crippen LogP contribution is -2.23. The zero-order valence-electron chi connectivity index (χ0n) is 18.7. The fraction of sp³-hybridized carbons (Fsp3) is 0.250. The molecule has 1 heterocycles. The molecule has 0 radical (unpaired) electrons. The number of ether oxygens (including phenoxy) is 2. The first-order valence-electron chi connectivity index (χ1n) is 10.2. The van der Waals surface area contributed by atoms with Gasteiger partial charge in [-0.1, -0.05) is 17.7 Å². The summed E-state index contributed by atoms with van der Waals surface area (Å²) in [5.74, 6) is 1.19. The van der Waals surface area contributed by atoms with Crippen LogP contribution in [0.5, 0.6) is 11.5 Å². The second kappa shape index (κ2) is 11.2. The Hall–Kier alpha value is -3.04. The van der Waals surface area contributed by atoms with E-state index in [1.807, 2.05) is 19.1 Å². The Morgan fingerprint density at radius 1 is 1.03 bits per heavy atom. The van der Waals surface area contributed by atoms with Crippen LogP contribution in [0.25, 0.3) is 0 Å². The fourth-order valence-corrected chi connectivity index (χ4v) is 5.68. The summed E-state index contributed by atoms with van der Waals surface area (Å²) in [6.45, 7) is 2.18. The number of pyridine rings is 1. The molecular weight excluding hydrogens is 460 g/mol. The van der Waals surface area contributed by atoms with Gasteiger partial charge in [0.15, 0.2) is 9.84 Å². The second-order valence-corrected chi connectivity index (χ2v) is 10.4. The van der Waals surface area contributed by atoms with Gasteiger partial charge >= 0.3 is 0 Å². The van der Waals surface area contributed by atoms with E-state index in [1.54, 1.807) is 62.9 Å². The van der Waals surface area contributed by atoms with Gasteiger partial charge < -0.3 is 14.8 Å². The molecule has 0 fully saturated rings. The van der Waals surface area contributed by atoms with E-state index in [0.29, 0.717) is 27.0 Å². The van der Waals surface area contributed by atoms with E-state index in [4.69, 9.17) is 9.47 Å². The lowest BCUT2D eigenvalue weighted by molar-refractivity contribution is 0.0947. The lowest BCUT2D eigenvalue weighted by Gasteiger charge is -2.11. The number of amides is 1. The Bertz CT molecular complexity index is 1190. The number of aryl methyl sites for hydroxylation is 1. The van der Waals surface area contributed by atoms with Gasteiger partial charge in [0.05, 0.1) is 30.4 Å². The SMILES string of the molecule is COc1cc(CNC(=O)c2cccnc2SCCS(=O)(=O)c2ccc(C)cc2)cc(OC)c1. The van der Waals surface area contributed by atoms with Crippen LogP contribution in [0.1, 0.15) is 21.5 Å². The number of thioether (sulfide) groups is 1. The summed E-state index contributed by atoms with van der Waals surface area (Å²) in [6.07, 6.45) is 1.58. The monoisotopic (exact) mass is 486 g/mol. The number of benzene rings is 2. The molecule has 0 saturated heterocycles. The molecular formula is C24H26N2O5S2. The van der Waals surface area contributed by atoms with Crippen LogP contribution in [-0.4, -0.2) is 45.0 Å². The van der Waals surface area contributed by atoms with E-state index < -0.39 is 9.84 Å². The van der Waals surface area contributed by atoms with Gasteiger partial charge in [-0.2, -0.15) is 0 Å². The summed E-state index contributed by atoms with van der Waals surface area (Å²) in [5.41, 5.74) is 2.21. The van der Waals surface area contributed by atoms with Crippen molar-refractivity contribution in [1.29, 1.82) is 0 Å². The number of hydrogen-bond acceptors (Lipinski definition) is 7. The van der Waals surface area contributed by atoms with Gasteiger partial charge in [0.25, 0.3) is 5.91 Å². The van der Waals surface area contributed by atoms with Gasteiger partial charge in [-0.05, 0) is 48.9 Å². The maximum atomic E-state index is 12.8. The van der Waals surface area contributed by atoms with Gasteiger partial charge in [-0.15, -0.1) is 11.8 Å². The number of sulfone groups is 1. The largest absolute Gasteiger partial charge is 0.497 e. The molecule has 33 heavy (non-hydrogen) atoms. The molecule has 0 aliphatic carbocycles. The third-order valence-electron chi connectivity index (χ3n) is 4.85. The summed E-state index contributed by atoms with van der Waals surface area (Å²) in [5, 5.41) is 3.36. The molecule has 7 nitrogen and oxygen atoms in total. The molecule has 174 valence electrons. The Balaban J connectivity index is 1.64. The van der Waals surface area contributed by atoms with Crippen LogP contribution in [0.15, 0.2) is 70.7 Å². The average Bonchev–Trinajstić information content (AvgIpc) is 2.82. The van der Waals surface area contributed by atoms with Crippen LogP contribution in [0, 0.1) is 6.92 Å². The fourth-order valence-electron chi connectivity index (χ4n) is 3.04. The molecule has 2 aromatic carbocycles. The molecule has 9 heteroatoms. The predicted octanol–water partition coefficient (Wildman–Crippen LogP) is 3.90. The van der Waals surface area contributed by atoms with Crippen molar-refractivity contribution in [3.8, 4) is 11.5 Å². The summed E-state index contributed by atoms with van der Waals surface area (Å²) in [7, 11) is -0.283. The van der Waals surface area contributed by atoms with Crippen molar-refractivity contribution >= 4 is 27.5 Å². The van der Waals surface area contributed by atoms with Crippen LogP contribution in [0.2, 0.25) is 0 Å². The Kier molecular flexibility index (Phi) is 8.35. The number of hydrogen-bond donors (Lipinski definition) is 1. The molecule has 0 bridgehead atoms. The van der Waals surface area contributed by atoms with Crippen molar-refractivity contribution in [3.05, 3.63) is 77.5 Å². The van der Waals surface area contributed by atoms with E-state index in [0.717, 1.165) is 11.1 Å². The molecule has 3 aromatic rings. The van der Waals surface area contributed by atoms with Gasteiger partial charge in [0, 0.05) is 24.6 Å². The van der Waals surface area contributed by atoms with Crippen molar-refractivity contribution in [2.45, 2.75) is 23.4 Å². The van der Waals surface area contributed by atoms with Crippen molar-refractivity contribution < 1.29 is 22.7 Å². The highest BCUT2D eigenvalue weighted by atomic mass is 32.2. The maximum Gasteiger partial charge on any atom is 0.254 e. The zero-order valence-corrected chi connectivity index (χ0v) is 20.3. The summed E-state index contributed by atoms with van der Waals surface area (Å²) >= 11 is 1.24. The smallest absolute Gasteiger partial charge is 0.254 e. The van der Waals surface area contributed by atoms with Crippen molar-refractivity contribution in [2.24, 2.45) is 0 Å². The van der Waals surface area contributed by atoms with Crippen molar-refractivity contribution in [2.75, 3.05) is 25.7 Å². The Morgan fingerprint density at radius 3 is 2.33 bits per heavy atom. The molecule has 0 aliphatic heterocycles. The maximum absolute atomic E-state index is 12.8. The molecule has 0 spiro atoms. The van der Waals surface area contributed by atoms with Gasteiger partial charge in [-0.3, -0.25) is 4.79 Å². The minimum absolute atomic E-state index is 0.0536. The normalized spacial score (nSPS) is 11.1. The van der Waals surface area contributed by atoms with E-state index >= 15 is 0 Å². The minimum Gasteiger partial charge on any atom is -0.497 e. The molecule has 1 amide bonds. The highest BCUT2D eigenvalue weighted by molar-refractivity contribution is 8.00. The van der Waals surface area contributed by atoms with Crippen LogP contribution in [-0.2, 0) is 16.4 Å². The van der Waals surface area contributed by atoms with Gasteiger partial charge in [0.2, 0.25) is 0 Å². The van der Waals surface area contributed by atoms with Crippen molar-refractivity contribution in [3.63, 3.8) is 0 Å². The first-order chi connectivity index (χ1) is 15.8. The average molecular weight is 487 g/mol. The van der Waals surface area contributed by atoms with Crippen LogP contribution >= 0.6 is 11.8 Å². The number of nitrogens with one attached hydrogen (secondary N) is 1. The number of nitrogens with zero attached hydrogens (tertiary/aromatic N) is 1. The number of aromatic nitrogens is 1. The Morgan fingerprint density at radius 2 is 1.70 bits per heavy atom. The first kappa shape index (κ1) is 24.6. The first-order valence-corrected chi connectivity index (χ1v) is 12.8. The number of carbonyl (C=O) groups excluding carboxylic acids is 1. The molecule has 0 saturated carbocycles. The van der Waals surface area contributed by atoms with Crippen LogP contribution < -0.4 is 14.8 Å². The second-order valence-electron chi connectivity index (χ2n) is 7.24. The number of rotatable bonds is 10. The third-order valence-corrected chi connectivity index (χ3v) is 7.85. The summed E-state index contributed by atoms with van der Waals surface area (Å²) in [6, 6.07) is 15.5. The number of carbonyl (C=O) groups is 1. The quantitative estimate of drug-likeness (QED) is 0.434. The standard InChI is InChI=1S/C24H26N2O5S2/c1-17-6-8-21(9-7-17)33(28,29)12-11-32-24-22(5-4-10-25-24)23(27)26-16-18-13-19(30-2)15-20(14-18)31-3/h4-10,13-15H,11-12,16H2,1-3H3,(H,26,27). The van der Waals surface area contributed by atoms with E-state index in [2.05, 4.69) is 10.3 Å². The minimum atomic E-state index is -3.41. The number of methoxy groups -OCH3 is 2. The van der Waals surface area contributed by atoms with E-state index in [9.17, 15) is 13.2 Å². The van der Waals surface area contributed by atoms with E-state index in [1.165, 1.54) is 11.8 Å². The molecule has 1 aromatic heterocycles. The predicted molar refractivity (Wildman–Crippen MR) is 129 cm³/mol. The van der Waals surface area contributed by atoms with Gasteiger partial charge in [-0.25, -0.2) is 13.4 Å². The molecule has 3 rings (SSSR count). The molecule has 0 unspecified atom stereocenters. The zero-order chi connectivity index (χ0) is 23.8. The van der Waals surface area contributed by atoms with Crippen LogP contribution in [0.3, 0.4) is 0 Å².